The minimum atomic E-state index is -0.856. The fourth-order valence-corrected chi connectivity index (χ4v) is 2.13. The summed E-state index contributed by atoms with van der Waals surface area (Å²) in [6.07, 6.45) is 4.06. The fourth-order valence-electron chi connectivity index (χ4n) is 2.13. The van der Waals surface area contributed by atoms with Gasteiger partial charge in [0, 0.05) is 0 Å². The van der Waals surface area contributed by atoms with E-state index in [9.17, 15) is 20.0 Å². The third kappa shape index (κ3) is 2.56. The highest BCUT2D eigenvalue weighted by Crippen LogP contribution is 2.27. The number of aromatic nitrogens is 4. The van der Waals surface area contributed by atoms with Crippen molar-refractivity contribution in [1.82, 2.24) is 19.6 Å². The Morgan fingerprint density at radius 3 is 2.92 bits per heavy atom. The number of aromatic amines is 1. The molecule has 0 fully saturated rings. The van der Waals surface area contributed by atoms with Gasteiger partial charge < -0.3 is 9.84 Å². The maximum absolute atomic E-state index is 12.1. The van der Waals surface area contributed by atoms with Crippen LogP contribution in [0.25, 0.3) is 17.9 Å². The van der Waals surface area contributed by atoms with E-state index in [4.69, 9.17) is 4.74 Å². The first-order valence-corrected chi connectivity index (χ1v) is 6.67. The molecule has 0 aliphatic carbocycles. The van der Waals surface area contributed by atoms with Gasteiger partial charge >= 0.3 is 11.2 Å². The standard InChI is InChI=1S/C14H11N5O5/c1-24-11-6-8(3-5-10(11)20)2-4-9-12(19(22)23)13(21)18-14(17-9)15-7-16-18/h2-7,20H,1H3,(H,15,16,17). The van der Waals surface area contributed by atoms with Crippen LogP contribution in [0.2, 0.25) is 0 Å². The molecule has 2 aromatic heterocycles. The Hall–Kier alpha value is -3.69. The Morgan fingerprint density at radius 1 is 1.42 bits per heavy atom. The quantitative estimate of drug-likeness (QED) is 0.542. The summed E-state index contributed by atoms with van der Waals surface area (Å²) in [4.78, 5) is 30.4. The third-order valence-corrected chi connectivity index (χ3v) is 3.26. The van der Waals surface area contributed by atoms with Crippen molar-refractivity contribution in [2.45, 2.75) is 0 Å². The molecule has 0 spiro atoms. The van der Waals surface area contributed by atoms with Crippen LogP contribution in [0.4, 0.5) is 5.69 Å². The van der Waals surface area contributed by atoms with Crippen LogP contribution in [0, 0.1) is 10.1 Å². The summed E-state index contributed by atoms with van der Waals surface area (Å²) in [7, 11) is 1.40. The van der Waals surface area contributed by atoms with Crippen molar-refractivity contribution in [3.8, 4) is 11.5 Å². The molecule has 10 nitrogen and oxygen atoms in total. The smallest absolute Gasteiger partial charge is 0.361 e. The van der Waals surface area contributed by atoms with Crippen molar-refractivity contribution in [3.63, 3.8) is 0 Å². The van der Waals surface area contributed by atoms with Gasteiger partial charge in [0.1, 0.15) is 6.33 Å². The van der Waals surface area contributed by atoms with Crippen LogP contribution in [0.15, 0.2) is 29.3 Å². The molecule has 0 amide bonds. The predicted octanol–water partition coefficient (Wildman–Crippen LogP) is 1.21. The minimum absolute atomic E-state index is 0.0218. The van der Waals surface area contributed by atoms with E-state index in [1.165, 1.54) is 37.7 Å². The second-order valence-electron chi connectivity index (χ2n) is 4.70. The molecule has 122 valence electrons. The summed E-state index contributed by atoms with van der Waals surface area (Å²) >= 11 is 0. The topological polar surface area (TPSA) is 136 Å². The number of H-pyrrole nitrogens is 1. The number of benzene rings is 1. The number of nitro groups is 1. The number of hydrogen-bond donors (Lipinski definition) is 2. The molecular weight excluding hydrogens is 318 g/mol. The molecule has 2 N–H and O–H groups in total. The summed E-state index contributed by atoms with van der Waals surface area (Å²) in [6, 6.07) is 4.55. The summed E-state index contributed by atoms with van der Waals surface area (Å²) in [5, 5.41) is 23.2. The van der Waals surface area contributed by atoms with Crippen LogP contribution in [0.3, 0.4) is 0 Å². The zero-order valence-corrected chi connectivity index (χ0v) is 12.3. The van der Waals surface area contributed by atoms with E-state index in [-0.39, 0.29) is 23.0 Å². The molecule has 0 atom stereocenters. The van der Waals surface area contributed by atoms with Crippen LogP contribution >= 0.6 is 0 Å². The molecule has 3 rings (SSSR count). The minimum Gasteiger partial charge on any atom is -0.504 e. The number of nitrogens with one attached hydrogen (secondary N) is 1. The molecule has 0 radical (unpaired) electrons. The Bertz CT molecular complexity index is 1020. The number of rotatable bonds is 4. The number of hydrogen-bond acceptors (Lipinski definition) is 7. The molecule has 1 aromatic carbocycles. The highest BCUT2D eigenvalue weighted by Gasteiger charge is 2.22. The van der Waals surface area contributed by atoms with Gasteiger partial charge in [-0.05, 0) is 23.8 Å². The molecule has 0 saturated heterocycles. The lowest BCUT2D eigenvalue weighted by Crippen LogP contribution is -2.20. The van der Waals surface area contributed by atoms with Crippen molar-refractivity contribution < 1.29 is 14.8 Å². The van der Waals surface area contributed by atoms with Gasteiger partial charge in [0.15, 0.2) is 17.2 Å². The number of ether oxygens (including phenoxy) is 1. The zero-order chi connectivity index (χ0) is 17.3. The molecule has 0 unspecified atom stereocenters. The summed E-state index contributed by atoms with van der Waals surface area (Å²) in [5.41, 5.74) is -1.05. The monoisotopic (exact) mass is 329 g/mol. The number of nitrogens with zero attached hydrogens (tertiary/aromatic N) is 4. The van der Waals surface area contributed by atoms with E-state index >= 15 is 0 Å². The van der Waals surface area contributed by atoms with Gasteiger partial charge in [0.2, 0.25) is 0 Å². The van der Waals surface area contributed by atoms with Gasteiger partial charge in [0.25, 0.3) is 5.78 Å². The van der Waals surface area contributed by atoms with Crippen LogP contribution in [0.5, 0.6) is 11.5 Å². The SMILES string of the molecule is COc1cc(C=Cc2nc3nc[nH]n3c(=O)c2[N+](=O)[O-])ccc1O. The number of methoxy groups -OCH3 is 1. The van der Waals surface area contributed by atoms with Crippen LogP contribution in [-0.2, 0) is 0 Å². The van der Waals surface area contributed by atoms with Gasteiger partial charge in [-0.1, -0.05) is 12.1 Å². The third-order valence-electron chi connectivity index (χ3n) is 3.26. The summed E-state index contributed by atoms with van der Waals surface area (Å²) in [6.45, 7) is 0. The first-order chi connectivity index (χ1) is 11.5. The van der Waals surface area contributed by atoms with Crippen molar-refractivity contribution in [1.29, 1.82) is 0 Å². The highest BCUT2D eigenvalue weighted by atomic mass is 16.6. The highest BCUT2D eigenvalue weighted by molar-refractivity contribution is 5.73. The Balaban J connectivity index is 2.11. The van der Waals surface area contributed by atoms with Crippen molar-refractivity contribution in [2.75, 3.05) is 7.11 Å². The molecule has 10 heteroatoms. The van der Waals surface area contributed by atoms with Gasteiger partial charge in [0.05, 0.1) is 12.0 Å². The van der Waals surface area contributed by atoms with Crippen LogP contribution in [-0.4, -0.2) is 36.7 Å². The normalized spacial score (nSPS) is 11.2. The number of fused-ring (bicyclic) bond motifs is 1. The molecule has 0 aliphatic rings. The number of phenolic OH excluding ortho intramolecular Hbond substituents is 1. The average Bonchev–Trinajstić information content (AvgIpc) is 3.02. The van der Waals surface area contributed by atoms with Crippen molar-refractivity contribution >= 4 is 23.6 Å². The van der Waals surface area contributed by atoms with E-state index < -0.39 is 16.2 Å². The Labute approximate surface area is 133 Å². The molecule has 0 aliphatic heterocycles. The van der Waals surface area contributed by atoms with Crippen molar-refractivity contribution in [3.05, 3.63) is 56.3 Å². The fraction of sp³-hybridized carbons (Fsp3) is 0.0714. The molecule has 3 aromatic rings. The van der Waals surface area contributed by atoms with Crippen molar-refractivity contribution in [2.24, 2.45) is 0 Å². The largest absolute Gasteiger partial charge is 0.504 e. The van der Waals surface area contributed by atoms with E-state index in [2.05, 4.69) is 15.1 Å². The molecule has 2 heterocycles. The first-order valence-electron chi connectivity index (χ1n) is 6.67. The Kier molecular flexibility index (Phi) is 3.70. The molecule has 24 heavy (non-hydrogen) atoms. The maximum atomic E-state index is 12.1. The predicted molar refractivity (Wildman–Crippen MR) is 83.8 cm³/mol. The molecule has 0 saturated carbocycles. The Morgan fingerprint density at radius 2 is 2.21 bits per heavy atom. The average molecular weight is 329 g/mol. The second-order valence-corrected chi connectivity index (χ2v) is 4.70. The number of phenols is 1. The number of aromatic hydroxyl groups is 1. The van der Waals surface area contributed by atoms with E-state index in [0.717, 1.165) is 4.52 Å². The molecular formula is C14H11N5O5. The zero-order valence-electron chi connectivity index (χ0n) is 12.3. The lowest BCUT2D eigenvalue weighted by molar-refractivity contribution is -0.386. The maximum Gasteiger partial charge on any atom is 0.361 e. The van der Waals surface area contributed by atoms with Crippen LogP contribution in [0.1, 0.15) is 11.3 Å². The lowest BCUT2D eigenvalue weighted by Gasteiger charge is -2.03. The lowest BCUT2D eigenvalue weighted by atomic mass is 10.1. The van der Waals surface area contributed by atoms with Gasteiger partial charge in [-0.3, -0.25) is 20.0 Å². The van der Waals surface area contributed by atoms with Gasteiger partial charge in [-0.25, -0.2) is 9.97 Å². The van der Waals surface area contributed by atoms with E-state index in [1.54, 1.807) is 6.07 Å². The van der Waals surface area contributed by atoms with Gasteiger partial charge in [-0.15, -0.1) is 0 Å². The second kappa shape index (κ2) is 5.83. The molecule has 0 bridgehead atoms. The van der Waals surface area contributed by atoms with Gasteiger partial charge in [-0.2, -0.15) is 4.52 Å². The van der Waals surface area contributed by atoms with Crippen LogP contribution < -0.4 is 10.3 Å². The summed E-state index contributed by atoms with van der Waals surface area (Å²) < 4.78 is 5.88. The summed E-state index contributed by atoms with van der Waals surface area (Å²) in [5.74, 6) is 0.242. The van der Waals surface area contributed by atoms with E-state index in [0.29, 0.717) is 5.56 Å². The first kappa shape index (κ1) is 15.2. The van der Waals surface area contributed by atoms with E-state index in [1.807, 2.05) is 0 Å².